The average Bonchev–Trinajstić information content (AvgIpc) is 2.98. The molecular formula is C16H16N6O. The van der Waals surface area contributed by atoms with E-state index in [0.717, 1.165) is 11.3 Å². The lowest BCUT2D eigenvalue weighted by Crippen LogP contribution is -1.98. The van der Waals surface area contributed by atoms with Crippen LogP contribution < -0.4 is 10.5 Å². The van der Waals surface area contributed by atoms with Crippen LogP contribution in [0.25, 0.3) is 11.3 Å². The van der Waals surface area contributed by atoms with Gasteiger partial charge in [0.1, 0.15) is 0 Å². The maximum absolute atomic E-state index is 7.30. The lowest BCUT2D eigenvalue weighted by atomic mass is 10.1. The molecule has 3 aromatic rings. The number of anilines is 1. The van der Waals surface area contributed by atoms with Gasteiger partial charge in [-0.2, -0.15) is 0 Å². The first-order chi connectivity index (χ1) is 11.2. The molecule has 0 radical (unpaired) electrons. The summed E-state index contributed by atoms with van der Waals surface area (Å²) in [5.41, 5.74) is 8.50. The monoisotopic (exact) mass is 308 g/mol. The number of ether oxygens (including phenoxy) is 1. The third-order valence-corrected chi connectivity index (χ3v) is 3.20. The van der Waals surface area contributed by atoms with Crippen molar-refractivity contribution in [2.45, 2.75) is 6.42 Å². The van der Waals surface area contributed by atoms with Gasteiger partial charge in [-0.25, -0.2) is 9.97 Å². The van der Waals surface area contributed by atoms with E-state index in [-0.39, 0.29) is 0 Å². The highest BCUT2D eigenvalue weighted by atomic mass is 16.5. The summed E-state index contributed by atoms with van der Waals surface area (Å²) in [6, 6.07) is 5.26. The summed E-state index contributed by atoms with van der Waals surface area (Å²) < 4.78 is 7.68. The molecule has 0 aliphatic heterocycles. The maximum atomic E-state index is 7.30. The van der Waals surface area contributed by atoms with E-state index in [1.165, 1.54) is 12.4 Å². The van der Waals surface area contributed by atoms with Crippen molar-refractivity contribution in [3.05, 3.63) is 48.8 Å². The van der Waals surface area contributed by atoms with Gasteiger partial charge >= 0.3 is 0 Å². The zero-order chi connectivity index (χ0) is 16.2. The molecule has 0 aromatic carbocycles. The van der Waals surface area contributed by atoms with E-state index in [9.17, 15) is 0 Å². The van der Waals surface area contributed by atoms with Crippen molar-refractivity contribution in [3.63, 3.8) is 0 Å². The quantitative estimate of drug-likeness (QED) is 0.705. The van der Waals surface area contributed by atoms with Gasteiger partial charge in [-0.1, -0.05) is 0 Å². The summed E-state index contributed by atoms with van der Waals surface area (Å²) >= 11 is 0. The second-order valence-corrected chi connectivity index (χ2v) is 5.03. The second-order valence-electron chi connectivity index (χ2n) is 5.03. The number of nitrogens with two attached hydrogens (primary N) is 1. The predicted octanol–water partition coefficient (Wildman–Crippen LogP) is 2.44. The molecule has 0 aliphatic carbocycles. The molecule has 116 valence electrons. The van der Waals surface area contributed by atoms with Gasteiger partial charge in [-0.05, 0) is 12.1 Å². The van der Waals surface area contributed by atoms with Crippen molar-refractivity contribution >= 4 is 11.9 Å². The summed E-state index contributed by atoms with van der Waals surface area (Å²) in [7, 11) is 1.91. The molecule has 0 atom stereocenters. The molecule has 3 rings (SSSR count). The van der Waals surface area contributed by atoms with Crippen LogP contribution in [0.1, 0.15) is 5.69 Å². The van der Waals surface area contributed by atoms with Crippen LogP contribution in [0.2, 0.25) is 0 Å². The van der Waals surface area contributed by atoms with Crippen molar-refractivity contribution in [2.75, 3.05) is 5.73 Å². The van der Waals surface area contributed by atoms with Crippen molar-refractivity contribution in [3.8, 4) is 22.9 Å². The van der Waals surface area contributed by atoms with Crippen LogP contribution in [0.4, 0.5) is 5.69 Å². The van der Waals surface area contributed by atoms with Crippen molar-refractivity contribution in [1.29, 1.82) is 5.41 Å². The molecule has 3 heterocycles. The number of hydrogen-bond donors (Lipinski definition) is 2. The molecule has 0 fully saturated rings. The molecule has 23 heavy (non-hydrogen) atoms. The number of pyridine rings is 2. The molecule has 0 bridgehead atoms. The van der Waals surface area contributed by atoms with Gasteiger partial charge in [-0.15, -0.1) is 0 Å². The van der Waals surface area contributed by atoms with E-state index in [1.807, 2.05) is 23.9 Å². The summed E-state index contributed by atoms with van der Waals surface area (Å²) in [5.74, 6) is 0.972. The fraction of sp³-hybridized carbons (Fsp3) is 0.125. The fourth-order valence-corrected chi connectivity index (χ4v) is 2.08. The highest BCUT2D eigenvalue weighted by Gasteiger charge is 2.11. The Bertz CT molecular complexity index is 825. The van der Waals surface area contributed by atoms with E-state index < -0.39 is 0 Å². The first-order valence-corrected chi connectivity index (χ1v) is 7.01. The van der Waals surface area contributed by atoms with E-state index in [0.29, 0.717) is 29.4 Å². The normalized spacial score (nSPS) is 10.5. The van der Waals surface area contributed by atoms with E-state index in [2.05, 4.69) is 15.0 Å². The molecule has 7 nitrogen and oxygen atoms in total. The molecule has 0 saturated carbocycles. The standard InChI is InChI=1S/C16H16N6O/c1-22-9-14(21-10-22)11-6-15(13(4-5-17)19-7-11)23-16-3-2-12(18)8-20-16/h2-3,5-10,17H,4,18H2,1H3. The summed E-state index contributed by atoms with van der Waals surface area (Å²) in [5, 5.41) is 7.30. The van der Waals surface area contributed by atoms with Gasteiger partial charge < -0.3 is 20.4 Å². The van der Waals surface area contributed by atoms with Crippen LogP contribution in [-0.4, -0.2) is 25.7 Å². The Hall–Kier alpha value is -3.22. The van der Waals surface area contributed by atoms with Gasteiger partial charge in [0.25, 0.3) is 0 Å². The summed E-state index contributed by atoms with van der Waals surface area (Å²) in [6.45, 7) is 0. The molecular weight excluding hydrogens is 292 g/mol. The van der Waals surface area contributed by atoms with Gasteiger partial charge in [0.2, 0.25) is 5.88 Å². The van der Waals surface area contributed by atoms with Crippen molar-refractivity contribution in [1.82, 2.24) is 19.5 Å². The highest BCUT2D eigenvalue weighted by molar-refractivity contribution is 5.63. The Labute approximate surface area is 133 Å². The van der Waals surface area contributed by atoms with Gasteiger partial charge in [0.15, 0.2) is 5.75 Å². The minimum atomic E-state index is 0.382. The Kier molecular flexibility index (Phi) is 4.01. The number of nitrogens with one attached hydrogen (secondary N) is 1. The van der Waals surface area contributed by atoms with Crippen LogP contribution >= 0.6 is 0 Å². The zero-order valence-electron chi connectivity index (χ0n) is 12.6. The molecule has 0 unspecified atom stereocenters. The summed E-state index contributed by atoms with van der Waals surface area (Å²) in [4.78, 5) is 12.8. The number of rotatable bonds is 5. The number of nitrogen functional groups attached to an aromatic ring is 1. The Morgan fingerprint density at radius 3 is 2.78 bits per heavy atom. The first-order valence-electron chi connectivity index (χ1n) is 7.01. The number of nitrogens with zero attached hydrogens (tertiary/aromatic N) is 4. The minimum Gasteiger partial charge on any atom is -0.437 e. The van der Waals surface area contributed by atoms with Gasteiger partial charge in [0, 0.05) is 43.7 Å². The summed E-state index contributed by atoms with van der Waals surface area (Å²) in [6.07, 6.45) is 8.55. The molecule has 3 aromatic heterocycles. The number of aromatic nitrogens is 4. The van der Waals surface area contributed by atoms with Crippen LogP contribution in [0, 0.1) is 5.41 Å². The highest BCUT2D eigenvalue weighted by Crippen LogP contribution is 2.28. The molecule has 0 spiro atoms. The van der Waals surface area contributed by atoms with E-state index >= 15 is 0 Å². The van der Waals surface area contributed by atoms with Crippen molar-refractivity contribution in [2.24, 2.45) is 7.05 Å². The lowest BCUT2D eigenvalue weighted by molar-refractivity contribution is 0.456. The lowest BCUT2D eigenvalue weighted by Gasteiger charge is -2.10. The predicted molar refractivity (Wildman–Crippen MR) is 87.7 cm³/mol. The maximum Gasteiger partial charge on any atom is 0.219 e. The molecule has 3 N–H and O–H groups in total. The van der Waals surface area contributed by atoms with Crippen LogP contribution in [0.15, 0.2) is 43.1 Å². The SMILES string of the molecule is Cn1cnc(-c2cnc(CC=N)c(Oc3ccc(N)cn3)c2)c1. The number of aryl methyl sites for hydroxylation is 1. The minimum absolute atomic E-state index is 0.382. The smallest absolute Gasteiger partial charge is 0.219 e. The zero-order valence-corrected chi connectivity index (χ0v) is 12.6. The Morgan fingerprint density at radius 1 is 1.26 bits per heavy atom. The molecule has 7 heteroatoms. The Balaban J connectivity index is 1.97. The second kappa shape index (κ2) is 6.27. The van der Waals surface area contributed by atoms with E-state index in [1.54, 1.807) is 24.7 Å². The molecule has 0 saturated heterocycles. The average molecular weight is 308 g/mol. The largest absolute Gasteiger partial charge is 0.437 e. The first kappa shape index (κ1) is 14.7. The van der Waals surface area contributed by atoms with Gasteiger partial charge in [0.05, 0.1) is 29.6 Å². The van der Waals surface area contributed by atoms with Crippen LogP contribution in [0.5, 0.6) is 11.6 Å². The van der Waals surface area contributed by atoms with Gasteiger partial charge in [-0.3, -0.25) is 4.98 Å². The van der Waals surface area contributed by atoms with Crippen LogP contribution in [0.3, 0.4) is 0 Å². The molecule has 0 amide bonds. The Morgan fingerprint density at radius 2 is 2.13 bits per heavy atom. The van der Waals surface area contributed by atoms with Crippen molar-refractivity contribution < 1.29 is 4.74 Å². The van der Waals surface area contributed by atoms with E-state index in [4.69, 9.17) is 15.9 Å². The topological polar surface area (TPSA) is 103 Å². The molecule has 0 aliphatic rings. The van der Waals surface area contributed by atoms with Crippen LogP contribution in [-0.2, 0) is 13.5 Å². The third kappa shape index (κ3) is 3.34. The fourth-order valence-electron chi connectivity index (χ4n) is 2.08. The number of imidazole rings is 1. The third-order valence-electron chi connectivity index (χ3n) is 3.20. The number of hydrogen-bond acceptors (Lipinski definition) is 6.